The zero-order valence-electron chi connectivity index (χ0n) is 9.12. The lowest BCUT2D eigenvalue weighted by atomic mass is 10.0. The van der Waals surface area contributed by atoms with Crippen molar-refractivity contribution < 1.29 is 27.9 Å². The molecule has 0 spiro atoms. The molecule has 0 aliphatic rings. The van der Waals surface area contributed by atoms with Gasteiger partial charge in [0.15, 0.2) is 0 Å². The zero-order valence-corrected chi connectivity index (χ0v) is 9.12. The summed E-state index contributed by atoms with van der Waals surface area (Å²) in [7, 11) is 0. The Balaban J connectivity index is 2.79. The second-order valence-corrected chi connectivity index (χ2v) is 3.50. The van der Waals surface area contributed by atoms with Crippen LogP contribution in [0.5, 0.6) is 0 Å². The van der Waals surface area contributed by atoms with Crippen molar-refractivity contribution in [1.82, 2.24) is 5.32 Å². The number of carboxylic acid groups (broad SMARTS) is 1. The molecule has 1 amide bonds. The molecule has 0 atom stereocenters. The Kier molecular flexibility index (Phi) is 4.30. The first kappa shape index (κ1) is 14.0. The van der Waals surface area contributed by atoms with Crippen molar-refractivity contribution in [2.24, 2.45) is 0 Å². The number of halogens is 3. The number of hydrogen-bond donors (Lipinski definition) is 2. The van der Waals surface area contributed by atoms with E-state index in [0.29, 0.717) is 0 Å². The number of carbonyl (C=O) groups excluding carboxylic acids is 1. The first-order valence-electron chi connectivity index (χ1n) is 4.94. The van der Waals surface area contributed by atoms with Gasteiger partial charge >= 0.3 is 12.1 Å². The summed E-state index contributed by atoms with van der Waals surface area (Å²) in [6, 6.07) is 4.67. The standard InChI is InChI=1S/C11H10F3NO3/c12-11(13,14)8-4-2-1-3-7(8)5-9(16)15-6-10(17)18/h1-4H,5-6H2,(H,15,16)(H,17,18). The Labute approximate surface area is 100 Å². The summed E-state index contributed by atoms with van der Waals surface area (Å²) >= 11 is 0. The van der Waals surface area contributed by atoms with E-state index in [1.165, 1.54) is 18.2 Å². The average molecular weight is 261 g/mol. The topological polar surface area (TPSA) is 66.4 Å². The van der Waals surface area contributed by atoms with Crippen LogP contribution in [0.15, 0.2) is 24.3 Å². The molecule has 0 bridgehead atoms. The normalized spacial score (nSPS) is 11.1. The summed E-state index contributed by atoms with van der Waals surface area (Å²) in [6.07, 6.45) is -5.05. The van der Waals surface area contributed by atoms with E-state index < -0.39 is 36.6 Å². The van der Waals surface area contributed by atoms with E-state index in [2.05, 4.69) is 0 Å². The summed E-state index contributed by atoms with van der Waals surface area (Å²) in [5.41, 5.74) is -1.08. The number of rotatable bonds is 4. The van der Waals surface area contributed by atoms with Crippen LogP contribution in [-0.4, -0.2) is 23.5 Å². The third kappa shape index (κ3) is 4.08. The van der Waals surface area contributed by atoms with Crippen LogP contribution < -0.4 is 5.32 Å². The van der Waals surface area contributed by atoms with Gasteiger partial charge < -0.3 is 10.4 Å². The summed E-state index contributed by atoms with van der Waals surface area (Å²) in [6.45, 7) is -0.618. The Bertz CT molecular complexity index is 457. The fourth-order valence-corrected chi connectivity index (χ4v) is 1.36. The van der Waals surface area contributed by atoms with Gasteiger partial charge in [0.25, 0.3) is 0 Å². The van der Waals surface area contributed by atoms with Crippen LogP contribution in [0.1, 0.15) is 11.1 Å². The van der Waals surface area contributed by atoms with Gasteiger partial charge in [-0.15, -0.1) is 0 Å². The van der Waals surface area contributed by atoms with Crippen LogP contribution in [0.2, 0.25) is 0 Å². The second kappa shape index (κ2) is 5.52. The molecule has 4 nitrogen and oxygen atoms in total. The number of benzene rings is 1. The monoisotopic (exact) mass is 261 g/mol. The first-order chi connectivity index (χ1) is 8.30. The number of amides is 1. The molecular formula is C11H10F3NO3. The van der Waals surface area contributed by atoms with E-state index in [0.717, 1.165) is 6.07 Å². The average Bonchev–Trinajstić information content (AvgIpc) is 2.25. The lowest BCUT2D eigenvalue weighted by Crippen LogP contribution is -2.31. The number of nitrogens with one attached hydrogen (secondary N) is 1. The number of carboxylic acids is 1. The molecule has 7 heteroatoms. The van der Waals surface area contributed by atoms with Gasteiger partial charge in [0, 0.05) is 0 Å². The van der Waals surface area contributed by atoms with Crippen LogP contribution in [0, 0.1) is 0 Å². The van der Waals surface area contributed by atoms with Crippen molar-refractivity contribution in [3.05, 3.63) is 35.4 Å². The highest BCUT2D eigenvalue weighted by molar-refractivity contribution is 5.83. The molecule has 0 heterocycles. The Hall–Kier alpha value is -2.05. The number of carbonyl (C=O) groups is 2. The number of hydrogen-bond acceptors (Lipinski definition) is 2. The zero-order chi connectivity index (χ0) is 13.8. The maximum atomic E-state index is 12.6. The lowest BCUT2D eigenvalue weighted by Gasteiger charge is -2.12. The van der Waals surface area contributed by atoms with E-state index in [4.69, 9.17) is 5.11 Å². The Morgan fingerprint density at radius 1 is 1.22 bits per heavy atom. The summed E-state index contributed by atoms with van der Waals surface area (Å²) in [4.78, 5) is 21.4. The van der Waals surface area contributed by atoms with E-state index in [1.54, 1.807) is 0 Å². The second-order valence-electron chi connectivity index (χ2n) is 3.50. The van der Waals surface area contributed by atoms with Crippen LogP contribution >= 0.6 is 0 Å². The van der Waals surface area contributed by atoms with Crippen LogP contribution in [0.3, 0.4) is 0 Å². The Morgan fingerprint density at radius 3 is 2.39 bits per heavy atom. The molecule has 0 fully saturated rings. The van der Waals surface area contributed by atoms with Crippen molar-refractivity contribution >= 4 is 11.9 Å². The molecular weight excluding hydrogens is 251 g/mol. The van der Waals surface area contributed by atoms with Gasteiger partial charge in [-0.1, -0.05) is 18.2 Å². The molecule has 0 aliphatic carbocycles. The smallest absolute Gasteiger partial charge is 0.416 e. The van der Waals surface area contributed by atoms with Crippen LogP contribution in [0.25, 0.3) is 0 Å². The van der Waals surface area contributed by atoms with Crippen molar-refractivity contribution in [2.75, 3.05) is 6.54 Å². The maximum absolute atomic E-state index is 12.6. The lowest BCUT2D eigenvalue weighted by molar-refractivity contribution is -0.139. The van der Waals surface area contributed by atoms with Gasteiger partial charge in [0.2, 0.25) is 5.91 Å². The Morgan fingerprint density at radius 2 is 1.83 bits per heavy atom. The molecule has 1 aromatic rings. The highest BCUT2D eigenvalue weighted by Gasteiger charge is 2.33. The number of aliphatic carboxylic acids is 1. The van der Waals surface area contributed by atoms with Crippen molar-refractivity contribution in [1.29, 1.82) is 0 Å². The molecule has 0 radical (unpaired) electrons. The predicted octanol–water partition coefficient (Wildman–Crippen LogP) is 1.45. The summed E-state index contributed by atoms with van der Waals surface area (Å²) in [5, 5.41) is 10.3. The van der Waals surface area contributed by atoms with Crippen molar-refractivity contribution in [2.45, 2.75) is 12.6 Å². The minimum atomic E-state index is -4.54. The quantitative estimate of drug-likeness (QED) is 0.862. The fourth-order valence-electron chi connectivity index (χ4n) is 1.36. The molecule has 0 unspecified atom stereocenters. The van der Waals surface area contributed by atoms with Crippen LogP contribution in [0.4, 0.5) is 13.2 Å². The molecule has 1 aromatic carbocycles. The molecule has 1 rings (SSSR count). The molecule has 0 saturated heterocycles. The van der Waals surface area contributed by atoms with Crippen molar-refractivity contribution in [3.63, 3.8) is 0 Å². The third-order valence-corrected chi connectivity index (χ3v) is 2.11. The largest absolute Gasteiger partial charge is 0.480 e. The molecule has 0 saturated carbocycles. The highest BCUT2D eigenvalue weighted by Crippen LogP contribution is 2.31. The van der Waals surface area contributed by atoms with Gasteiger partial charge in [0.05, 0.1) is 12.0 Å². The van der Waals surface area contributed by atoms with Crippen LogP contribution in [-0.2, 0) is 22.2 Å². The summed E-state index contributed by atoms with van der Waals surface area (Å²) in [5.74, 6) is -2.03. The van der Waals surface area contributed by atoms with Gasteiger partial charge in [-0.2, -0.15) is 13.2 Å². The minimum absolute atomic E-state index is 0.187. The van der Waals surface area contributed by atoms with Gasteiger partial charge in [-0.05, 0) is 11.6 Å². The third-order valence-electron chi connectivity index (χ3n) is 2.11. The highest BCUT2D eigenvalue weighted by atomic mass is 19.4. The SMILES string of the molecule is O=C(O)CNC(=O)Cc1ccccc1C(F)(F)F. The molecule has 0 aliphatic heterocycles. The van der Waals surface area contributed by atoms with E-state index in [1.807, 2.05) is 5.32 Å². The van der Waals surface area contributed by atoms with Crippen molar-refractivity contribution in [3.8, 4) is 0 Å². The fraction of sp³-hybridized carbons (Fsp3) is 0.273. The maximum Gasteiger partial charge on any atom is 0.416 e. The van der Waals surface area contributed by atoms with Gasteiger partial charge in [-0.3, -0.25) is 9.59 Å². The van der Waals surface area contributed by atoms with Gasteiger partial charge in [-0.25, -0.2) is 0 Å². The van der Waals surface area contributed by atoms with E-state index in [-0.39, 0.29) is 5.56 Å². The molecule has 2 N–H and O–H groups in total. The minimum Gasteiger partial charge on any atom is -0.480 e. The molecule has 0 aromatic heterocycles. The molecule has 98 valence electrons. The van der Waals surface area contributed by atoms with E-state index >= 15 is 0 Å². The summed E-state index contributed by atoms with van der Waals surface area (Å²) < 4.78 is 37.8. The molecule has 18 heavy (non-hydrogen) atoms. The predicted molar refractivity (Wildman–Crippen MR) is 55.8 cm³/mol. The first-order valence-corrected chi connectivity index (χ1v) is 4.94. The van der Waals surface area contributed by atoms with Gasteiger partial charge in [0.1, 0.15) is 6.54 Å². The number of alkyl halides is 3. The van der Waals surface area contributed by atoms with E-state index in [9.17, 15) is 22.8 Å².